The lowest BCUT2D eigenvalue weighted by Gasteiger charge is -2.29. The van der Waals surface area contributed by atoms with Crippen LogP contribution in [0.4, 0.5) is 5.69 Å². The third-order valence-electron chi connectivity index (χ3n) is 4.25. The molecule has 0 spiro atoms. The van der Waals surface area contributed by atoms with Crippen molar-refractivity contribution in [2.45, 2.75) is 25.2 Å². The summed E-state index contributed by atoms with van der Waals surface area (Å²) in [5, 5.41) is 0. The van der Waals surface area contributed by atoms with E-state index in [2.05, 4.69) is 36.1 Å². The lowest BCUT2D eigenvalue weighted by molar-refractivity contribution is 0.586. The fourth-order valence-corrected chi connectivity index (χ4v) is 3.73. The smallest absolute Gasteiger partial charge is 0.153 e. The number of hydrogen-bond acceptors (Lipinski definition) is 3. The van der Waals surface area contributed by atoms with Crippen molar-refractivity contribution in [2.24, 2.45) is 0 Å². The SMILES string of the molecule is CC1(c2cccc(N3CCS(=O)(=O)CC3)c2)CC1. The third-order valence-corrected chi connectivity index (χ3v) is 5.86. The molecule has 3 rings (SSSR count). The molecule has 1 aliphatic heterocycles. The van der Waals surface area contributed by atoms with Gasteiger partial charge in [-0.15, -0.1) is 0 Å². The summed E-state index contributed by atoms with van der Waals surface area (Å²) >= 11 is 0. The molecule has 1 saturated carbocycles. The summed E-state index contributed by atoms with van der Waals surface area (Å²) in [6, 6.07) is 8.62. The van der Waals surface area contributed by atoms with Gasteiger partial charge in [0.1, 0.15) is 0 Å². The topological polar surface area (TPSA) is 37.4 Å². The van der Waals surface area contributed by atoms with E-state index in [0.717, 1.165) is 0 Å². The molecule has 0 bridgehead atoms. The molecule has 0 radical (unpaired) electrons. The molecule has 0 amide bonds. The minimum atomic E-state index is -2.79. The van der Waals surface area contributed by atoms with Gasteiger partial charge in [0.15, 0.2) is 9.84 Å². The molecule has 1 heterocycles. The molecule has 0 atom stereocenters. The van der Waals surface area contributed by atoms with Crippen molar-refractivity contribution >= 4 is 15.5 Å². The molecule has 1 aromatic carbocycles. The van der Waals surface area contributed by atoms with Crippen molar-refractivity contribution < 1.29 is 8.42 Å². The number of anilines is 1. The highest BCUT2D eigenvalue weighted by Crippen LogP contribution is 2.48. The van der Waals surface area contributed by atoms with Crippen LogP contribution >= 0.6 is 0 Å². The highest BCUT2D eigenvalue weighted by molar-refractivity contribution is 7.91. The molecule has 2 aliphatic rings. The predicted octanol–water partition coefficient (Wildman–Crippen LogP) is 1.97. The van der Waals surface area contributed by atoms with Crippen LogP contribution in [0.25, 0.3) is 0 Å². The van der Waals surface area contributed by atoms with E-state index in [1.54, 1.807) is 0 Å². The maximum absolute atomic E-state index is 11.4. The van der Waals surface area contributed by atoms with Gasteiger partial charge in [-0.05, 0) is 36.0 Å². The van der Waals surface area contributed by atoms with E-state index in [0.29, 0.717) is 18.5 Å². The number of hydrogen-bond donors (Lipinski definition) is 0. The summed E-state index contributed by atoms with van der Waals surface area (Å²) in [5.74, 6) is 0.572. The number of benzene rings is 1. The van der Waals surface area contributed by atoms with Gasteiger partial charge in [-0.1, -0.05) is 19.1 Å². The number of rotatable bonds is 2. The van der Waals surface area contributed by atoms with E-state index in [-0.39, 0.29) is 11.5 Å². The molecular weight excluding hydrogens is 246 g/mol. The van der Waals surface area contributed by atoms with Crippen LogP contribution in [0, 0.1) is 0 Å². The fourth-order valence-electron chi connectivity index (χ4n) is 2.52. The van der Waals surface area contributed by atoms with Gasteiger partial charge >= 0.3 is 0 Å². The van der Waals surface area contributed by atoms with Crippen molar-refractivity contribution in [1.82, 2.24) is 0 Å². The van der Waals surface area contributed by atoms with E-state index < -0.39 is 9.84 Å². The zero-order chi connectivity index (χ0) is 12.8. The Morgan fingerprint density at radius 2 is 1.83 bits per heavy atom. The standard InChI is InChI=1S/C14H19NO2S/c1-14(5-6-14)12-3-2-4-13(11-12)15-7-9-18(16,17)10-8-15/h2-4,11H,5-10H2,1H3. The molecule has 1 aromatic rings. The Morgan fingerprint density at radius 3 is 2.44 bits per heavy atom. The van der Waals surface area contributed by atoms with Crippen molar-refractivity contribution in [3.63, 3.8) is 0 Å². The van der Waals surface area contributed by atoms with Crippen molar-refractivity contribution in [3.8, 4) is 0 Å². The van der Waals surface area contributed by atoms with Crippen LogP contribution in [0.2, 0.25) is 0 Å². The third kappa shape index (κ3) is 2.26. The quantitative estimate of drug-likeness (QED) is 0.820. The lowest BCUT2D eigenvalue weighted by Crippen LogP contribution is -2.40. The summed E-state index contributed by atoms with van der Waals surface area (Å²) < 4.78 is 22.9. The summed E-state index contributed by atoms with van der Waals surface area (Å²) in [7, 11) is -2.79. The molecule has 0 N–H and O–H groups in total. The van der Waals surface area contributed by atoms with Gasteiger partial charge in [-0.25, -0.2) is 8.42 Å². The van der Waals surface area contributed by atoms with Gasteiger partial charge < -0.3 is 4.90 Å². The van der Waals surface area contributed by atoms with Gasteiger partial charge in [0, 0.05) is 18.8 Å². The van der Waals surface area contributed by atoms with Gasteiger partial charge in [0.05, 0.1) is 11.5 Å². The first-order valence-electron chi connectivity index (χ1n) is 6.55. The Balaban J connectivity index is 1.81. The van der Waals surface area contributed by atoms with E-state index in [1.165, 1.54) is 24.1 Å². The minimum Gasteiger partial charge on any atom is -0.369 e. The fraction of sp³-hybridized carbons (Fsp3) is 0.571. The minimum absolute atomic E-state index is 0.286. The second-order valence-corrected chi connectivity index (χ2v) is 8.05. The molecule has 2 fully saturated rings. The van der Waals surface area contributed by atoms with Gasteiger partial charge in [-0.3, -0.25) is 0 Å². The van der Waals surface area contributed by atoms with Crippen molar-refractivity contribution in [1.29, 1.82) is 0 Å². The van der Waals surface area contributed by atoms with E-state index in [9.17, 15) is 8.42 Å². The number of nitrogens with zero attached hydrogens (tertiary/aromatic N) is 1. The number of sulfone groups is 1. The van der Waals surface area contributed by atoms with Crippen LogP contribution in [-0.2, 0) is 15.3 Å². The lowest BCUT2D eigenvalue weighted by atomic mass is 9.98. The molecule has 98 valence electrons. The van der Waals surface area contributed by atoms with Gasteiger partial charge in [0.25, 0.3) is 0 Å². The highest BCUT2D eigenvalue weighted by atomic mass is 32.2. The maximum atomic E-state index is 11.4. The molecule has 4 heteroatoms. The van der Waals surface area contributed by atoms with Crippen molar-refractivity contribution in [2.75, 3.05) is 29.5 Å². The van der Waals surface area contributed by atoms with Crippen LogP contribution in [0.3, 0.4) is 0 Å². The second-order valence-electron chi connectivity index (χ2n) is 5.75. The Bertz CT molecular complexity index is 547. The predicted molar refractivity (Wildman–Crippen MR) is 73.9 cm³/mol. The van der Waals surface area contributed by atoms with Crippen molar-refractivity contribution in [3.05, 3.63) is 29.8 Å². The van der Waals surface area contributed by atoms with Gasteiger partial charge in [0.2, 0.25) is 0 Å². The van der Waals surface area contributed by atoms with E-state index in [1.807, 2.05) is 0 Å². The molecule has 0 unspecified atom stereocenters. The Hall–Kier alpha value is -1.03. The maximum Gasteiger partial charge on any atom is 0.153 e. The molecule has 0 aromatic heterocycles. The molecule has 18 heavy (non-hydrogen) atoms. The highest BCUT2D eigenvalue weighted by Gasteiger charge is 2.39. The first-order valence-corrected chi connectivity index (χ1v) is 8.37. The monoisotopic (exact) mass is 265 g/mol. The molecule has 3 nitrogen and oxygen atoms in total. The normalized spacial score (nSPS) is 24.8. The van der Waals surface area contributed by atoms with Crippen LogP contribution in [0.5, 0.6) is 0 Å². The molecule has 1 saturated heterocycles. The van der Waals surface area contributed by atoms with Crippen LogP contribution < -0.4 is 4.90 Å². The molecule has 1 aliphatic carbocycles. The van der Waals surface area contributed by atoms with E-state index in [4.69, 9.17) is 0 Å². The summed E-state index contributed by atoms with van der Waals surface area (Å²) in [6.07, 6.45) is 2.54. The Kier molecular flexibility index (Phi) is 2.66. The Morgan fingerprint density at radius 1 is 1.17 bits per heavy atom. The zero-order valence-electron chi connectivity index (χ0n) is 10.7. The molecular formula is C14H19NO2S. The van der Waals surface area contributed by atoms with Gasteiger partial charge in [-0.2, -0.15) is 0 Å². The summed E-state index contributed by atoms with van der Waals surface area (Å²) in [4.78, 5) is 2.19. The Labute approximate surface area is 109 Å². The average molecular weight is 265 g/mol. The first kappa shape index (κ1) is 12.0. The van der Waals surface area contributed by atoms with Crippen LogP contribution in [0.15, 0.2) is 24.3 Å². The largest absolute Gasteiger partial charge is 0.369 e. The summed E-state index contributed by atoms with van der Waals surface area (Å²) in [6.45, 7) is 3.55. The average Bonchev–Trinajstić information content (AvgIpc) is 3.09. The van der Waals surface area contributed by atoms with E-state index >= 15 is 0 Å². The summed E-state index contributed by atoms with van der Waals surface area (Å²) in [5.41, 5.74) is 2.95. The van der Waals surface area contributed by atoms with Crippen LogP contribution in [-0.4, -0.2) is 33.0 Å². The van der Waals surface area contributed by atoms with Crippen LogP contribution in [0.1, 0.15) is 25.3 Å². The zero-order valence-corrected chi connectivity index (χ0v) is 11.5. The first-order chi connectivity index (χ1) is 8.49. The second kappa shape index (κ2) is 3.98.